The molecule has 0 spiro atoms. The summed E-state index contributed by atoms with van der Waals surface area (Å²) in [6.07, 6.45) is 0. The van der Waals surface area contributed by atoms with Gasteiger partial charge in [-0.1, -0.05) is 45.2 Å². The van der Waals surface area contributed by atoms with E-state index in [0.29, 0.717) is 31.8 Å². The van der Waals surface area contributed by atoms with Gasteiger partial charge >= 0.3 is 0 Å². The first kappa shape index (κ1) is 21.3. The Morgan fingerprint density at radius 2 is 1.31 bits per heavy atom. The lowest BCUT2D eigenvalue weighted by Crippen LogP contribution is -2.22. The fraction of sp³-hybridized carbons (Fsp3) is 0.375. The molecule has 2 atom stereocenters. The van der Waals surface area contributed by atoms with Crippen molar-refractivity contribution in [2.75, 3.05) is 10.6 Å². The number of rotatable bonds is 8. The summed E-state index contributed by atoms with van der Waals surface area (Å²) in [4.78, 5) is 24.5. The Kier molecular flexibility index (Phi) is 6.92. The van der Waals surface area contributed by atoms with Crippen LogP contribution in [0.15, 0.2) is 29.9 Å². The summed E-state index contributed by atoms with van der Waals surface area (Å²) in [7, 11) is 0. The fourth-order valence-electron chi connectivity index (χ4n) is 2.01. The first-order valence-corrected chi connectivity index (χ1v) is 11.0. The highest BCUT2D eigenvalue weighted by Gasteiger charge is 2.21. The van der Waals surface area contributed by atoms with Crippen LogP contribution in [0.1, 0.15) is 25.4 Å². The molecule has 0 aromatic carbocycles. The van der Waals surface area contributed by atoms with E-state index in [1.165, 1.54) is 34.9 Å². The van der Waals surface area contributed by atoms with Gasteiger partial charge in [0.25, 0.3) is 0 Å². The second-order valence-electron chi connectivity index (χ2n) is 5.98. The lowest BCUT2D eigenvalue weighted by atomic mass is 10.4. The zero-order valence-electron chi connectivity index (χ0n) is 16.0. The summed E-state index contributed by atoms with van der Waals surface area (Å²) in [6.45, 7) is 7.01. The van der Waals surface area contributed by atoms with Crippen LogP contribution >= 0.6 is 34.9 Å². The average Bonchev–Trinajstić information content (AvgIpc) is 3.38. The normalized spacial score (nSPS) is 13.1. The van der Waals surface area contributed by atoms with Gasteiger partial charge in [-0.05, 0) is 27.7 Å². The molecule has 0 bridgehead atoms. The van der Waals surface area contributed by atoms with Crippen LogP contribution in [0.4, 0.5) is 11.6 Å². The minimum atomic E-state index is -0.408. The third-order valence-corrected chi connectivity index (χ3v) is 6.73. The highest BCUT2D eigenvalue weighted by atomic mass is 32.2. The van der Waals surface area contributed by atoms with Crippen LogP contribution < -0.4 is 10.6 Å². The second kappa shape index (κ2) is 9.41. The summed E-state index contributed by atoms with van der Waals surface area (Å²) in [6, 6.07) is 3.28. The molecule has 0 aliphatic rings. The van der Waals surface area contributed by atoms with Crippen LogP contribution in [0.2, 0.25) is 0 Å². The molecule has 0 fully saturated rings. The number of carbonyl (C=O) groups excluding carboxylic acids is 2. The van der Waals surface area contributed by atoms with Gasteiger partial charge in [0.15, 0.2) is 20.3 Å². The van der Waals surface area contributed by atoms with Gasteiger partial charge in [-0.2, -0.15) is 0 Å². The Balaban J connectivity index is 1.50. The monoisotopic (exact) mass is 454 g/mol. The Hall–Kier alpha value is -2.38. The second-order valence-corrected chi connectivity index (χ2v) is 10.1. The molecule has 2 N–H and O–H groups in total. The minimum Gasteiger partial charge on any atom is -0.360 e. The molecule has 10 nitrogen and oxygen atoms in total. The van der Waals surface area contributed by atoms with Gasteiger partial charge in [0.1, 0.15) is 11.5 Å². The quantitative estimate of drug-likeness (QED) is 0.487. The van der Waals surface area contributed by atoms with Crippen LogP contribution in [0.5, 0.6) is 0 Å². The molecule has 0 aliphatic heterocycles. The van der Waals surface area contributed by atoms with Crippen LogP contribution in [-0.2, 0) is 9.59 Å². The SMILES string of the molecule is Cc1cc(NC(=O)[C@H](C)Sc2nnc(S[C@H](C)C(=O)Nc3cc(C)on3)s2)no1. The number of hydrogen-bond acceptors (Lipinski definition) is 11. The molecule has 3 aromatic rings. The predicted octanol–water partition coefficient (Wildman–Crippen LogP) is 3.37. The van der Waals surface area contributed by atoms with Crippen molar-refractivity contribution in [3.63, 3.8) is 0 Å². The van der Waals surface area contributed by atoms with Crippen molar-refractivity contribution in [3.05, 3.63) is 23.7 Å². The average molecular weight is 455 g/mol. The maximum atomic E-state index is 12.2. The molecule has 0 radical (unpaired) electrons. The van der Waals surface area contributed by atoms with E-state index >= 15 is 0 Å². The summed E-state index contributed by atoms with van der Waals surface area (Å²) in [5.41, 5.74) is 0. The number of aromatic nitrogens is 4. The Labute approximate surface area is 178 Å². The number of thioether (sulfide) groups is 2. The molecule has 29 heavy (non-hydrogen) atoms. The Morgan fingerprint density at radius 1 is 0.897 bits per heavy atom. The summed E-state index contributed by atoms with van der Waals surface area (Å²) in [5, 5.41) is 20.2. The third-order valence-electron chi connectivity index (χ3n) is 3.44. The van der Waals surface area contributed by atoms with Gasteiger partial charge in [0, 0.05) is 12.1 Å². The Morgan fingerprint density at radius 3 is 1.66 bits per heavy atom. The van der Waals surface area contributed by atoms with Crippen molar-refractivity contribution < 1.29 is 18.6 Å². The van der Waals surface area contributed by atoms with E-state index in [9.17, 15) is 9.59 Å². The number of anilines is 2. The zero-order chi connectivity index (χ0) is 21.0. The van der Waals surface area contributed by atoms with Crippen molar-refractivity contribution in [3.8, 4) is 0 Å². The van der Waals surface area contributed by atoms with Crippen molar-refractivity contribution in [1.29, 1.82) is 0 Å². The number of nitrogens with one attached hydrogen (secondary N) is 2. The molecular weight excluding hydrogens is 436 g/mol. The van der Waals surface area contributed by atoms with Gasteiger partial charge < -0.3 is 19.7 Å². The van der Waals surface area contributed by atoms with Gasteiger partial charge in [0.2, 0.25) is 11.8 Å². The van der Waals surface area contributed by atoms with E-state index < -0.39 is 10.5 Å². The molecular formula is C16H18N6O4S3. The summed E-state index contributed by atoms with van der Waals surface area (Å²) in [5.74, 6) is 1.53. The molecule has 0 aliphatic carbocycles. The maximum absolute atomic E-state index is 12.2. The number of aryl methyl sites for hydroxylation is 2. The highest BCUT2D eigenvalue weighted by Crippen LogP contribution is 2.33. The van der Waals surface area contributed by atoms with Gasteiger partial charge in [-0.15, -0.1) is 10.2 Å². The van der Waals surface area contributed by atoms with Crippen molar-refractivity contribution in [2.45, 2.75) is 46.9 Å². The zero-order valence-corrected chi connectivity index (χ0v) is 18.4. The first-order valence-electron chi connectivity index (χ1n) is 8.45. The largest absolute Gasteiger partial charge is 0.360 e. The van der Waals surface area contributed by atoms with E-state index in [1.54, 1.807) is 39.8 Å². The molecule has 2 amide bonds. The smallest absolute Gasteiger partial charge is 0.238 e. The van der Waals surface area contributed by atoms with Gasteiger partial charge in [-0.3, -0.25) is 9.59 Å². The van der Waals surface area contributed by atoms with Crippen LogP contribution in [0.3, 0.4) is 0 Å². The third kappa shape index (κ3) is 6.05. The van der Waals surface area contributed by atoms with E-state index in [-0.39, 0.29) is 11.8 Å². The predicted molar refractivity (Wildman–Crippen MR) is 110 cm³/mol. The molecule has 13 heteroatoms. The summed E-state index contributed by atoms with van der Waals surface area (Å²) < 4.78 is 11.1. The first-order chi connectivity index (χ1) is 13.8. The standard InChI is InChI=1S/C16H18N6O4S3/c1-7-5-11(21-25-7)17-13(23)9(3)27-15-19-20-16(29-15)28-10(4)14(24)18-12-6-8(2)26-22-12/h5-6,9-10H,1-4H3,(H,17,21,23)(H,18,22,24)/t9-,10+. The number of nitrogens with zero attached hydrogens (tertiary/aromatic N) is 4. The lowest BCUT2D eigenvalue weighted by Gasteiger charge is -2.08. The lowest BCUT2D eigenvalue weighted by molar-refractivity contribution is -0.116. The molecule has 0 unspecified atom stereocenters. The van der Waals surface area contributed by atoms with E-state index in [4.69, 9.17) is 9.05 Å². The summed E-state index contributed by atoms with van der Waals surface area (Å²) >= 11 is 3.88. The van der Waals surface area contributed by atoms with E-state index in [0.717, 1.165) is 0 Å². The molecule has 0 saturated carbocycles. The van der Waals surface area contributed by atoms with Crippen LogP contribution in [0.25, 0.3) is 0 Å². The van der Waals surface area contributed by atoms with Gasteiger partial charge in [0.05, 0.1) is 10.5 Å². The van der Waals surface area contributed by atoms with Crippen LogP contribution in [-0.4, -0.2) is 42.8 Å². The molecule has 3 heterocycles. The van der Waals surface area contributed by atoms with E-state index in [2.05, 4.69) is 31.1 Å². The Bertz CT molecular complexity index is 924. The maximum Gasteiger partial charge on any atom is 0.238 e. The fourth-order valence-corrected chi connectivity index (χ4v) is 5.32. The topological polar surface area (TPSA) is 136 Å². The molecule has 3 rings (SSSR count). The van der Waals surface area contributed by atoms with Gasteiger partial charge in [-0.25, -0.2) is 0 Å². The highest BCUT2D eigenvalue weighted by molar-refractivity contribution is 8.04. The van der Waals surface area contributed by atoms with Crippen LogP contribution in [0, 0.1) is 13.8 Å². The number of hydrogen-bond donors (Lipinski definition) is 2. The van der Waals surface area contributed by atoms with Crippen molar-refractivity contribution >= 4 is 58.3 Å². The molecule has 154 valence electrons. The van der Waals surface area contributed by atoms with E-state index in [1.807, 2.05) is 0 Å². The number of carbonyl (C=O) groups is 2. The molecule has 0 saturated heterocycles. The minimum absolute atomic E-state index is 0.219. The molecule has 3 aromatic heterocycles. The number of amides is 2. The van der Waals surface area contributed by atoms with Crippen molar-refractivity contribution in [2.24, 2.45) is 0 Å². The van der Waals surface area contributed by atoms with Crippen molar-refractivity contribution in [1.82, 2.24) is 20.5 Å².